The van der Waals surface area contributed by atoms with Gasteiger partial charge in [0.2, 0.25) is 5.91 Å². The molecule has 3 aliphatic rings. The Morgan fingerprint density at radius 3 is 2.05 bits per heavy atom. The van der Waals surface area contributed by atoms with Crippen molar-refractivity contribution in [1.82, 2.24) is 5.32 Å². The number of aliphatic hydroxyl groups excluding tert-OH is 1. The molecule has 4 unspecified atom stereocenters. The average molecular weight is 525 g/mol. The molecule has 4 atom stereocenters. The molecule has 1 aliphatic heterocycles. The first-order valence-corrected chi connectivity index (χ1v) is 12.3. The Labute approximate surface area is 220 Å². The van der Waals surface area contributed by atoms with Crippen LogP contribution in [0.15, 0.2) is 60.7 Å². The van der Waals surface area contributed by atoms with Crippen LogP contribution in [0.4, 0.5) is 4.79 Å². The maximum Gasteiger partial charge on any atom is 0.408 e. The van der Waals surface area contributed by atoms with Crippen molar-refractivity contribution in [1.29, 1.82) is 0 Å². The molecule has 2 aromatic rings. The van der Waals surface area contributed by atoms with Crippen molar-refractivity contribution in [2.45, 2.75) is 42.1 Å². The van der Waals surface area contributed by atoms with Gasteiger partial charge in [0.05, 0.1) is 20.8 Å². The summed E-state index contributed by atoms with van der Waals surface area (Å²) in [6.07, 6.45) is 1.21. The van der Waals surface area contributed by atoms with Crippen molar-refractivity contribution in [2.24, 2.45) is 11.1 Å². The minimum Gasteiger partial charge on any atom is -0.468 e. The van der Waals surface area contributed by atoms with E-state index in [2.05, 4.69) is 5.32 Å². The highest BCUT2D eigenvalue weighted by Gasteiger charge is 2.77. The van der Waals surface area contributed by atoms with E-state index in [4.69, 9.17) is 19.9 Å². The van der Waals surface area contributed by atoms with E-state index in [1.807, 2.05) is 60.7 Å². The number of nitrogens with two attached hydrogens (primary N) is 1. The van der Waals surface area contributed by atoms with E-state index in [1.54, 1.807) is 0 Å². The summed E-state index contributed by atoms with van der Waals surface area (Å²) in [6, 6.07) is 18.9. The van der Waals surface area contributed by atoms with Crippen molar-refractivity contribution in [3.05, 3.63) is 71.8 Å². The van der Waals surface area contributed by atoms with Crippen LogP contribution in [-0.4, -0.2) is 62.0 Å². The second-order valence-electron chi connectivity index (χ2n) is 9.89. The van der Waals surface area contributed by atoms with Crippen molar-refractivity contribution < 1.29 is 38.5 Å². The SMILES string of the molecule is COC(=O)C1(C(N)=O)CC1(CCO)c1ccccc1.COC(=O)C12CC1(c1ccccc1)CCOC(=O)N2. The Balaban J connectivity index is 0.000000177. The Bertz CT molecular complexity index is 1220. The lowest BCUT2D eigenvalue weighted by atomic mass is 9.83. The fourth-order valence-corrected chi connectivity index (χ4v) is 6.16. The van der Waals surface area contributed by atoms with E-state index in [0.29, 0.717) is 25.9 Å². The molecule has 0 bridgehead atoms. The van der Waals surface area contributed by atoms with Gasteiger partial charge in [-0.05, 0) is 36.8 Å². The van der Waals surface area contributed by atoms with Crippen LogP contribution >= 0.6 is 0 Å². The number of amides is 2. The van der Waals surface area contributed by atoms with Gasteiger partial charge in [-0.2, -0.15) is 0 Å². The number of aliphatic hydroxyl groups is 1. The topological polar surface area (TPSA) is 154 Å². The van der Waals surface area contributed by atoms with Gasteiger partial charge in [0, 0.05) is 17.4 Å². The highest BCUT2D eigenvalue weighted by Crippen LogP contribution is 2.67. The lowest BCUT2D eigenvalue weighted by Crippen LogP contribution is -2.48. The summed E-state index contributed by atoms with van der Waals surface area (Å²) in [5.41, 5.74) is 3.80. The molecule has 38 heavy (non-hydrogen) atoms. The van der Waals surface area contributed by atoms with Gasteiger partial charge in [0.15, 0.2) is 11.0 Å². The standard InChI is InChI=1S/C14H15NO4.C14H17NO4/c1-18-11(16)14-9-13(14,7-8-19-12(17)15-14)10-5-3-2-4-6-10;1-19-12(18)14(11(15)17)9-13(14,7-8-16)10-5-3-2-4-6-10/h2-6H,7-9H2,1H3,(H,15,17);2-6,16H,7-9H2,1H3,(H2,15,17). The second kappa shape index (κ2) is 10.1. The summed E-state index contributed by atoms with van der Waals surface area (Å²) in [5.74, 6) is -1.73. The molecule has 2 saturated carbocycles. The van der Waals surface area contributed by atoms with Crippen LogP contribution in [-0.2, 0) is 39.4 Å². The van der Waals surface area contributed by atoms with Crippen molar-refractivity contribution in [3.8, 4) is 0 Å². The molecule has 10 heteroatoms. The van der Waals surface area contributed by atoms with Gasteiger partial charge < -0.3 is 30.4 Å². The number of esters is 2. The molecule has 1 saturated heterocycles. The maximum absolute atomic E-state index is 12.1. The number of nitrogens with one attached hydrogen (secondary N) is 1. The van der Waals surface area contributed by atoms with Crippen LogP contribution in [0.3, 0.4) is 0 Å². The summed E-state index contributed by atoms with van der Waals surface area (Å²) in [6.45, 7) is 0.181. The van der Waals surface area contributed by atoms with E-state index in [0.717, 1.165) is 11.1 Å². The normalized spacial score (nSPS) is 30.6. The number of alkyl carbamates (subject to hydrolysis) is 1. The monoisotopic (exact) mass is 524 g/mol. The Hall–Kier alpha value is -3.92. The number of rotatable bonds is 7. The van der Waals surface area contributed by atoms with Crippen LogP contribution < -0.4 is 11.1 Å². The van der Waals surface area contributed by atoms with Crippen molar-refractivity contribution >= 4 is 23.9 Å². The fourth-order valence-electron chi connectivity index (χ4n) is 6.16. The first-order valence-electron chi connectivity index (χ1n) is 12.3. The van der Waals surface area contributed by atoms with E-state index >= 15 is 0 Å². The van der Waals surface area contributed by atoms with E-state index in [9.17, 15) is 24.3 Å². The number of primary amides is 1. The van der Waals surface area contributed by atoms with Crippen molar-refractivity contribution in [2.75, 3.05) is 27.4 Å². The molecule has 2 amide bonds. The van der Waals surface area contributed by atoms with Crippen molar-refractivity contribution in [3.63, 3.8) is 0 Å². The largest absolute Gasteiger partial charge is 0.468 e. The minimum absolute atomic E-state index is 0.124. The zero-order chi connectivity index (χ0) is 27.6. The molecular weight excluding hydrogens is 492 g/mol. The second-order valence-corrected chi connectivity index (χ2v) is 9.89. The fraction of sp³-hybridized carbons (Fsp3) is 0.429. The lowest BCUT2D eigenvalue weighted by Gasteiger charge is -2.21. The highest BCUT2D eigenvalue weighted by atomic mass is 16.6. The number of carbonyl (C=O) groups excluding carboxylic acids is 4. The van der Waals surface area contributed by atoms with Gasteiger partial charge in [-0.3, -0.25) is 9.59 Å². The Kier molecular flexibility index (Phi) is 7.20. The predicted molar refractivity (Wildman–Crippen MR) is 135 cm³/mol. The van der Waals surface area contributed by atoms with Crippen LogP contribution in [0.25, 0.3) is 0 Å². The molecule has 202 valence electrons. The van der Waals surface area contributed by atoms with Gasteiger partial charge >= 0.3 is 18.0 Å². The third-order valence-electron chi connectivity index (χ3n) is 8.27. The Morgan fingerprint density at radius 2 is 1.53 bits per heavy atom. The van der Waals surface area contributed by atoms with Crippen LogP contribution in [0.2, 0.25) is 0 Å². The molecule has 2 aliphatic carbocycles. The number of cyclic esters (lactones) is 1. The minimum atomic E-state index is -1.36. The Morgan fingerprint density at radius 1 is 0.947 bits per heavy atom. The summed E-state index contributed by atoms with van der Waals surface area (Å²) >= 11 is 0. The van der Waals surface area contributed by atoms with Gasteiger partial charge in [-0.1, -0.05) is 60.7 Å². The van der Waals surface area contributed by atoms with Gasteiger partial charge in [-0.15, -0.1) is 0 Å². The smallest absolute Gasteiger partial charge is 0.408 e. The molecule has 3 fully saturated rings. The zero-order valence-electron chi connectivity index (χ0n) is 21.4. The summed E-state index contributed by atoms with van der Waals surface area (Å²) < 4.78 is 14.6. The number of benzene rings is 2. The quantitative estimate of drug-likeness (QED) is 0.281. The summed E-state index contributed by atoms with van der Waals surface area (Å²) in [7, 11) is 2.57. The molecule has 4 N–H and O–H groups in total. The number of hydrogen-bond donors (Lipinski definition) is 3. The van der Waals surface area contributed by atoms with Gasteiger partial charge in [-0.25, -0.2) is 9.59 Å². The molecule has 10 nitrogen and oxygen atoms in total. The number of fused-ring (bicyclic) bond motifs is 1. The number of methoxy groups -OCH3 is 2. The van der Waals surface area contributed by atoms with Crippen LogP contribution in [0.5, 0.6) is 0 Å². The highest BCUT2D eigenvalue weighted by molar-refractivity contribution is 6.08. The maximum atomic E-state index is 12.1. The average Bonchev–Trinajstić information content (AvgIpc) is 3.81. The number of ether oxygens (including phenoxy) is 3. The first-order chi connectivity index (χ1) is 18.2. The molecule has 1 heterocycles. The zero-order valence-corrected chi connectivity index (χ0v) is 21.4. The first kappa shape index (κ1) is 27.1. The van der Waals surface area contributed by atoms with Crippen LogP contribution in [0, 0.1) is 5.41 Å². The van der Waals surface area contributed by atoms with E-state index < -0.39 is 45.7 Å². The third-order valence-corrected chi connectivity index (χ3v) is 8.27. The summed E-state index contributed by atoms with van der Waals surface area (Å²) in [4.78, 5) is 47.5. The lowest BCUT2D eigenvalue weighted by molar-refractivity contribution is -0.152. The molecule has 2 aromatic carbocycles. The number of hydrogen-bond acceptors (Lipinski definition) is 8. The summed E-state index contributed by atoms with van der Waals surface area (Å²) in [5, 5.41) is 12.0. The van der Waals surface area contributed by atoms with Crippen LogP contribution in [0.1, 0.15) is 36.8 Å². The molecule has 0 spiro atoms. The third kappa shape index (κ3) is 3.99. The van der Waals surface area contributed by atoms with E-state index in [1.165, 1.54) is 14.2 Å². The van der Waals surface area contributed by atoms with Gasteiger partial charge in [0.25, 0.3) is 0 Å². The molecular formula is C28H32N2O8. The molecule has 5 rings (SSSR count). The van der Waals surface area contributed by atoms with Gasteiger partial charge in [0.1, 0.15) is 0 Å². The molecule has 0 aromatic heterocycles. The number of carbonyl (C=O) groups is 4. The van der Waals surface area contributed by atoms with E-state index in [-0.39, 0.29) is 13.0 Å². The molecule has 0 radical (unpaired) electrons. The predicted octanol–water partition coefficient (Wildman–Crippen LogP) is 1.73.